The minimum Gasteiger partial charge on any atom is -0.457 e. The van der Waals surface area contributed by atoms with E-state index in [1.54, 1.807) is 23.6 Å². The normalized spacial score (nSPS) is 11.5. The number of nitrogen functional groups attached to an aromatic ring is 1. The van der Waals surface area contributed by atoms with Gasteiger partial charge < -0.3 is 10.5 Å². The number of esters is 1. The predicted octanol–water partition coefficient (Wildman–Crippen LogP) is 1.69. The number of anilines is 1. The predicted molar refractivity (Wildman–Crippen MR) is 97.9 cm³/mol. The third-order valence-electron chi connectivity index (χ3n) is 3.42. The molecule has 8 nitrogen and oxygen atoms in total. The van der Waals surface area contributed by atoms with Gasteiger partial charge in [0.1, 0.15) is 10.0 Å². The minimum atomic E-state index is -3.59. The molecule has 0 saturated carbocycles. The third-order valence-corrected chi connectivity index (χ3v) is 6.28. The molecule has 2 aromatic heterocycles. The molecule has 0 unspecified atom stereocenters. The van der Waals surface area contributed by atoms with Crippen molar-refractivity contribution in [3.63, 3.8) is 0 Å². The van der Waals surface area contributed by atoms with E-state index in [0.717, 1.165) is 16.7 Å². The lowest BCUT2D eigenvalue weighted by atomic mass is 10.2. The molecule has 0 aliphatic rings. The molecule has 0 radical (unpaired) electrons. The number of nitrogens with zero attached hydrogens (tertiary/aromatic N) is 2. The lowest BCUT2D eigenvalue weighted by Gasteiger charge is -2.07. The Morgan fingerprint density at radius 1 is 1.19 bits per heavy atom. The van der Waals surface area contributed by atoms with Gasteiger partial charge in [0, 0.05) is 11.9 Å². The van der Waals surface area contributed by atoms with Crippen LogP contribution in [-0.4, -0.2) is 30.9 Å². The number of nitrogens with one attached hydrogen (secondary N) is 1. The van der Waals surface area contributed by atoms with Gasteiger partial charge in [0.25, 0.3) is 0 Å². The van der Waals surface area contributed by atoms with E-state index in [-0.39, 0.29) is 29.6 Å². The number of hydrogen-bond donors (Lipinski definition) is 2. The Balaban J connectivity index is 1.52. The number of nitrogens with two attached hydrogens (primary N) is 1. The molecule has 136 valence electrons. The Morgan fingerprint density at radius 3 is 2.77 bits per heavy atom. The van der Waals surface area contributed by atoms with E-state index < -0.39 is 16.0 Å². The fraction of sp³-hybridized carbons (Fsp3) is 0.188. The maximum Gasteiger partial charge on any atom is 0.307 e. The summed E-state index contributed by atoms with van der Waals surface area (Å²) in [5.41, 5.74) is 6.53. The number of aromatic nitrogens is 2. The zero-order chi connectivity index (χ0) is 18.6. The Bertz CT molecular complexity index is 1020. The maximum absolute atomic E-state index is 11.9. The van der Waals surface area contributed by atoms with Crippen molar-refractivity contribution in [2.24, 2.45) is 0 Å². The summed E-state index contributed by atoms with van der Waals surface area (Å²) >= 11 is 1.10. The number of thiophene rings is 1. The first kappa shape index (κ1) is 18.2. The van der Waals surface area contributed by atoms with Crippen molar-refractivity contribution in [3.8, 4) is 0 Å². The number of hydrogen-bond acceptors (Lipinski definition) is 8. The third kappa shape index (κ3) is 4.34. The number of carbonyl (C=O) groups excluding carboxylic acids is 1. The van der Waals surface area contributed by atoms with Crippen molar-refractivity contribution < 1.29 is 17.9 Å². The van der Waals surface area contributed by atoms with Crippen molar-refractivity contribution in [2.75, 3.05) is 12.3 Å². The SMILES string of the molecule is Nc1nc(COC(=O)CCNS(=O)(=O)c2cccs2)nc2ccccc12. The summed E-state index contributed by atoms with van der Waals surface area (Å²) in [6.45, 7) is -0.189. The van der Waals surface area contributed by atoms with Gasteiger partial charge in [-0.2, -0.15) is 0 Å². The standard InChI is InChI=1S/C16H16N4O4S2/c17-16-11-4-1-2-5-12(11)19-13(20-16)10-24-14(21)7-8-18-26(22,23)15-6-3-9-25-15/h1-6,9,18H,7-8,10H2,(H2,17,19,20). The summed E-state index contributed by atoms with van der Waals surface area (Å²) in [5, 5.41) is 2.39. The van der Waals surface area contributed by atoms with Crippen LogP contribution in [0.1, 0.15) is 12.2 Å². The molecule has 0 aliphatic carbocycles. The average molecular weight is 392 g/mol. The summed E-state index contributed by atoms with van der Waals surface area (Å²) in [5.74, 6) is 0.0354. The van der Waals surface area contributed by atoms with Crippen LogP contribution in [-0.2, 0) is 26.2 Å². The van der Waals surface area contributed by atoms with Crippen molar-refractivity contribution >= 4 is 44.1 Å². The first-order chi connectivity index (χ1) is 12.5. The molecule has 3 N–H and O–H groups in total. The van der Waals surface area contributed by atoms with Gasteiger partial charge >= 0.3 is 5.97 Å². The zero-order valence-corrected chi connectivity index (χ0v) is 15.2. The second-order valence-corrected chi connectivity index (χ2v) is 8.22. The summed E-state index contributed by atoms with van der Waals surface area (Å²) in [4.78, 5) is 20.2. The largest absolute Gasteiger partial charge is 0.457 e. The smallest absolute Gasteiger partial charge is 0.307 e. The van der Waals surface area contributed by atoms with Gasteiger partial charge in [0.05, 0.1) is 11.9 Å². The van der Waals surface area contributed by atoms with Crippen LogP contribution in [0.2, 0.25) is 0 Å². The van der Waals surface area contributed by atoms with Crippen LogP contribution in [0.4, 0.5) is 5.82 Å². The van der Waals surface area contributed by atoms with Gasteiger partial charge in [-0.25, -0.2) is 23.1 Å². The molecule has 0 bridgehead atoms. The van der Waals surface area contributed by atoms with Gasteiger partial charge in [0.15, 0.2) is 12.4 Å². The van der Waals surface area contributed by atoms with E-state index in [9.17, 15) is 13.2 Å². The van der Waals surface area contributed by atoms with Crippen molar-refractivity contribution in [1.29, 1.82) is 0 Å². The number of rotatable bonds is 7. The highest BCUT2D eigenvalue weighted by Crippen LogP contribution is 2.17. The average Bonchev–Trinajstić information content (AvgIpc) is 3.15. The fourth-order valence-corrected chi connectivity index (χ4v) is 4.28. The van der Waals surface area contributed by atoms with Crippen LogP contribution in [0, 0.1) is 0 Å². The molecule has 26 heavy (non-hydrogen) atoms. The molecular weight excluding hydrogens is 376 g/mol. The van der Waals surface area contributed by atoms with Gasteiger partial charge in [-0.05, 0) is 23.6 Å². The number of sulfonamides is 1. The van der Waals surface area contributed by atoms with E-state index in [1.165, 1.54) is 6.07 Å². The molecule has 0 amide bonds. The number of ether oxygens (including phenoxy) is 1. The Hall–Kier alpha value is -2.56. The topological polar surface area (TPSA) is 124 Å². The number of carbonyl (C=O) groups is 1. The van der Waals surface area contributed by atoms with Crippen LogP contribution >= 0.6 is 11.3 Å². The number of para-hydroxylation sites is 1. The molecule has 0 fully saturated rings. The zero-order valence-electron chi connectivity index (χ0n) is 13.6. The van der Waals surface area contributed by atoms with Crippen LogP contribution < -0.4 is 10.5 Å². The van der Waals surface area contributed by atoms with Crippen LogP contribution in [0.3, 0.4) is 0 Å². The fourth-order valence-electron chi connectivity index (χ4n) is 2.21. The summed E-state index contributed by atoms with van der Waals surface area (Å²) < 4.78 is 31.5. The van der Waals surface area contributed by atoms with Crippen molar-refractivity contribution in [1.82, 2.24) is 14.7 Å². The summed E-state index contributed by atoms with van der Waals surface area (Å²) in [6.07, 6.45) is -0.104. The van der Waals surface area contributed by atoms with E-state index in [0.29, 0.717) is 11.3 Å². The van der Waals surface area contributed by atoms with E-state index in [1.807, 2.05) is 12.1 Å². The molecule has 0 atom stereocenters. The van der Waals surface area contributed by atoms with Gasteiger partial charge in [0.2, 0.25) is 10.0 Å². The molecule has 0 spiro atoms. The molecule has 2 heterocycles. The molecule has 0 saturated heterocycles. The van der Waals surface area contributed by atoms with Crippen LogP contribution in [0.15, 0.2) is 46.0 Å². The second-order valence-electron chi connectivity index (χ2n) is 5.28. The highest BCUT2D eigenvalue weighted by molar-refractivity contribution is 7.91. The summed E-state index contributed by atoms with van der Waals surface area (Å²) in [6, 6.07) is 10.4. The van der Waals surface area contributed by atoms with Gasteiger partial charge in [-0.3, -0.25) is 4.79 Å². The van der Waals surface area contributed by atoms with Crippen LogP contribution in [0.5, 0.6) is 0 Å². The highest BCUT2D eigenvalue weighted by Gasteiger charge is 2.15. The monoisotopic (exact) mass is 392 g/mol. The highest BCUT2D eigenvalue weighted by atomic mass is 32.2. The lowest BCUT2D eigenvalue weighted by Crippen LogP contribution is -2.26. The van der Waals surface area contributed by atoms with E-state index in [2.05, 4.69) is 14.7 Å². The molecule has 10 heteroatoms. The first-order valence-corrected chi connectivity index (χ1v) is 10.0. The Kier molecular flexibility index (Phi) is 5.45. The van der Waals surface area contributed by atoms with Crippen molar-refractivity contribution in [2.45, 2.75) is 17.2 Å². The maximum atomic E-state index is 11.9. The Labute approximate surface area is 154 Å². The van der Waals surface area contributed by atoms with Gasteiger partial charge in [-0.15, -0.1) is 11.3 Å². The lowest BCUT2D eigenvalue weighted by molar-refractivity contribution is -0.145. The quantitative estimate of drug-likeness (QED) is 0.586. The van der Waals surface area contributed by atoms with Crippen molar-refractivity contribution in [3.05, 3.63) is 47.6 Å². The van der Waals surface area contributed by atoms with Crippen LogP contribution in [0.25, 0.3) is 10.9 Å². The minimum absolute atomic E-state index is 0.0558. The molecule has 3 aromatic rings. The molecule has 3 rings (SSSR count). The van der Waals surface area contributed by atoms with E-state index >= 15 is 0 Å². The second kappa shape index (κ2) is 7.77. The molecule has 0 aliphatic heterocycles. The van der Waals surface area contributed by atoms with Gasteiger partial charge in [-0.1, -0.05) is 18.2 Å². The van der Waals surface area contributed by atoms with E-state index in [4.69, 9.17) is 10.5 Å². The first-order valence-electron chi connectivity index (χ1n) is 7.65. The molecular formula is C16H16N4O4S2. The molecule has 1 aromatic carbocycles. The summed E-state index contributed by atoms with van der Waals surface area (Å²) in [7, 11) is -3.59. The number of fused-ring (bicyclic) bond motifs is 1. The Morgan fingerprint density at radius 2 is 2.00 bits per heavy atom. The number of benzene rings is 1.